The Morgan fingerprint density at radius 3 is 2.90 bits per heavy atom. The molecule has 1 aliphatic carbocycles. The first kappa shape index (κ1) is 13.9. The van der Waals surface area contributed by atoms with Crippen molar-refractivity contribution in [3.8, 4) is 11.4 Å². The van der Waals surface area contributed by atoms with Gasteiger partial charge < -0.3 is 5.11 Å². The van der Waals surface area contributed by atoms with Crippen molar-refractivity contribution in [2.75, 3.05) is 0 Å². The molecule has 1 aromatic heterocycles. The third-order valence-electron chi connectivity index (χ3n) is 3.46. The normalized spacial score (nSPS) is 16.1. The van der Waals surface area contributed by atoms with Gasteiger partial charge in [-0.3, -0.25) is 4.79 Å². The summed E-state index contributed by atoms with van der Waals surface area (Å²) in [6.07, 6.45) is 1.36. The van der Waals surface area contributed by atoms with Crippen LogP contribution >= 0.6 is 38.5 Å². The fourth-order valence-corrected chi connectivity index (χ4v) is 2.99. The van der Waals surface area contributed by atoms with Crippen LogP contribution in [0.15, 0.2) is 22.7 Å². The van der Waals surface area contributed by atoms with Crippen molar-refractivity contribution in [3.63, 3.8) is 0 Å². The van der Waals surface area contributed by atoms with E-state index >= 15 is 0 Å². The largest absolute Gasteiger partial charge is 0.481 e. The van der Waals surface area contributed by atoms with E-state index in [1.165, 1.54) is 0 Å². The van der Waals surface area contributed by atoms with E-state index in [0.29, 0.717) is 25.2 Å². The van der Waals surface area contributed by atoms with Crippen LogP contribution < -0.4 is 0 Å². The number of tetrazole rings is 1. The minimum atomic E-state index is -0.775. The van der Waals surface area contributed by atoms with Crippen LogP contribution in [0.2, 0.25) is 0 Å². The molecule has 3 rings (SSSR count). The number of hydrogen-bond acceptors (Lipinski definition) is 4. The molecule has 20 heavy (non-hydrogen) atoms. The summed E-state index contributed by atoms with van der Waals surface area (Å²) in [5.41, 5.74) is 0.202. The number of rotatable bonds is 4. The van der Waals surface area contributed by atoms with Crippen molar-refractivity contribution in [1.29, 1.82) is 0 Å². The second-order valence-electron chi connectivity index (χ2n) is 4.87. The van der Waals surface area contributed by atoms with Gasteiger partial charge in [0.2, 0.25) is 0 Å². The smallest absolute Gasteiger partial charge is 0.311 e. The van der Waals surface area contributed by atoms with Crippen LogP contribution in [0, 0.1) is 8.99 Å². The highest BCUT2D eigenvalue weighted by atomic mass is 127. The van der Waals surface area contributed by atoms with Crippen molar-refractivity contribution in [2.45, 2.75) is 19.4 Å². The van der Waals surface area contributed by atoms with Crippen LogP contribution in [0.25, 0.3) is 11.4 Å². The summed E-state index contributed by atoms with van der Waals surface area (Å²) in [7, 11) is 0. The molecule has 2 aromatic rings. The molecule has 1 aliphatic rings. The maximum absolute atomic E-state index is 11.3. The molecule has 0 saturated heterocycles. The summed E-state index contributed by atoms with van der Waals surface area (Å²) >= 11 is 5.64. The molecule has 0 bridgehead atoms. The van der Waals surface area contributed by atoms with E-state index in [9.17, 15) is 9.90 Å². The molecule has 8 heteroatoms. The molecule has 1 fully saturated rings. The van der Waals surface area contributed by atoms with Crippen molar-refractivity contribution >= 4 is 44.5 Å². The lowest BCUT2D eigenvalue weighted by atomic mass is 10.1. The number of carboxylic acids is 1. The van der Waals surface area contributed by atoms with Gasteiger partial charge in [0.05, 0.1) is 12.0 Å². The van der Waals surface area contributed by atoms with E-state index in [1.54, 1.807) is 4.68 Å². The van der Waals surface area contributed by atoms with E-state index in [0.717, 1.165) is 13.6 Å². The molecule has 0 aliphatic heterocycles. The van der Waals surface area contributed by atoms with E-state index in [-0.39, 0.29) is 0 Å². The van der Waals surface area contributed by atoms with E-state index in [2.05, 4.69) is 54.0 Å². The third kappa shape index (κ3) is 2.46. The van der Waals surface area contributed by atoms with Gasteiger partial charge in [-0.1, -0.05) is 15.9 Å². The summed E-state index contributed by atoms with van der Waals surface area (Å²) < 4.78 is 3.54. The van der Waals surface area contributed by atoms with Gasteiger partial charge in [0.25, 0.3) is 0 Å². The highest BCUT2D eigenvalue weighted by Gasteiger charge is 2.51. The average Bonchev–Trinajstić information content (AvgIpc) is 3.05. The summed E-state index contributed by atoms with van der Waals surface area (Å²) in [5.74, 6) is -0.175. The molecule has 0 unspecified atom stereocenters. The molecule has 6 nitrogen and oxygen atoms in total. The molecule has 1 heterocycles. The fraction of sp³-hybridized carbons (Fsp3) is 0.333. The number of halogens is 2. The van der Waals surface area contributed by atoms with Gasteiger partial charge >= 0.3 is 5.97 Å². The molecular weight excluding hydrogens is 439 g/mol. The molecule has 1 aromatic carbocycles. The predicted molar refractivity (Wildman–Crippen MR) is 83.0 cm³/mol. The topological polar surface area (TPSA) is 80.9 Å². The number of benzene rings is 1. The number of carbonyl (C=O) groups is 1. The summed E-state index contributed by atoms with van der Waals surface area (Å²) in [6.45, 7) is 0.313. The Balaban J connectivity index is 1.98. The van der Waals surface area contributed by atoms with Gasteiger partial charge in [0, 0.05) is 13.6 Å². The number of aromatic nitrogens is 4. The Labute approximate surface area is 136 Å². The van der Waals surface area contributed by atoms with Gasteiger partial charge in [-0.2, -0.15) is 0 Å². The van der Waals surface area contributed by atoms with Crippen LogP contribution in [0.3, 0.4) is 0 Å². The highest BCUT2D eigenvalue weighted by molar-refractivity contribution is 14.1. The number of nitrogens with zero attached hydrogens (tertiary/aromatic N) is 4. The molecule has 0 atom stereocenters. The van der Waals surface area contributed by atoms with Crippen LogP contribution in [-0.2, 0) is 11.3 Å². The SMILES string of the molecule is O=C(O)C1(Cn2nnnc2-c2cc(Br)ccc2I)CC1. The first-order valence-corrected chi connectivity index (χ1v) is 7.84. The van der Waals surface area contributed by atoms with E-state index in [4.69, 9.17) is 0 Å². The zero-order valence-corrected chi connectivity index (χ0v) is 14.0. The molecule has 1 N–H and O–H groups in total. The second kappa shape index (κ2) is 5.06. The van der Waals surface area contributed by atoms with Crippen LogP contribution in [0.4, 0.5) is 0 Å². The first-order chi connectivity index (χ1) is 9.52. The van der Waals surface area contributed by atoms with Crippen molar-refractivity contribution < 1.29 is 9.90 Å². The number of aliphatic carboxylic acids is 1. The Kier molecular flexibility index (Phi) is 3.53. The average molecular weight is 449 g/mol. The fourth-order valence-electron chi connectivity index (χ4n) is 2.05. The minimum Gasteiger partial charge on any atom is -0.481 e. The Bertz CT molecular complexity index is 684. The summed E-state index contributed by atoms with van der Waals surface area (Å²) in [6, 6.07) is 5.84. The van der Waals surface area contributed by atoms with Gasteiger partial charge in [0.15, 0.2) is 5.82 Å². The van der Waals surface area contributed by atoms with Crippen LogP contribution in [0.1, 0.15) is 12.8 Å². The monoisotopic (exact) mass is 448 g/mol. The first-order valence-electron chi connectivity index (χ1n) is 5.97. The predicted octanol–water partition coefficient (Wildman–Crippen LogP) is 2.57. The Hall–Kier alpha value is -1.03. The maximum Gasteiger partial charge on any atom is 0.311 e. The molecule has 104 valence electrons. The standard InChI is InChI=1S/C12H10BrIN4O2/c13-7-1-2-9(14)8(5-7)10-15-16-17-18(10)6-12(3-4-12)11(19)20/h1-2,5H,3-4,6H2,(H,19,20). The second-order valence-corrected chi connectivity index (χ2v) is 6.95. The van der Waals surface area contributed by atoms with Gasteiger partial charge in [-0.25, -0.2) is 4.68 Å². The molecular formula is C12H10BrIN4O2. The van der Waals surface area contributed by atoms with Crippen molar-refractivity contribution in [2.24, 2.45) is 5.41 Å². The van der Waals surface area contributed by atoms with Crippen LogP contribution in [0.5, 0.6) is 0 Å². The maximum atomic E-state index is 11.3. The number of hydrogen-bond donors (Lipinski definition) is 1. The highest BCUT2D eigenvalue weighted by Crippen LogP contribution is 2.47. The van der Waals surface area contributed by atoms with E-state index in [1.807, 2.05) is 18.2 Å². The summed E-state index contributed by atoms with van der Waals surface area (Å²) in [4.78, 5) is 11.3. The van der Waals surface area contributed by atoms with Gasteiger partial charge in [-0.15, -0.1) is 5.10 Å². The lowest BCUT2D eigenvalue weighted by Crippen LogP contribution is -2.22. The van der Waals surface area contributed by atoms with Crippen LogP contribution in [-0.4, -0.2) is 31.3 Å². The zero-order valence-electron chi connectivity index (χ0n) is 10.3. The quantitative estimate of drug-likeness (QED) is 0.727. The Morgan fingerprint density at radius 2 is 2.25 bits per heavy atom. The molecule has 0 spiro atoms. The molecule has 0 radical (unpaired) electrons. The lowest BCUT2D eigenvalue weighted by Gasteiger charge is -2.11. The third-order valence-corrected chi connectivity index (χ3v) is 4.89. The molecule has 0 amide bonds. The van der Waals surface area contributed by atoms with Crippen molar-refractivity contribution in [3.05, 3.63) is 26.2 Å². The van der Waals surface area contributed by atoms with E-state index < -0.39 is 11.4 Å². The number of carboxylic acid groups (broad SMARTS) is 1. The minimum absolute atomic E-state index is 0.313. The molecule has 1 saturated carbocycles. The van der Waals surface area contributed by atoms with Gasteiger partial charge in [0.1, 0.15) is 0 Å². The van der Waals surface area contributed by atoms with Crippen molar-refractivity contribution in [1.82, 2.24) is 20.2 Å². The Morgan fingerprint density at radius 1 is 1.50 bits per heavy atom. The van der Waals surface area contributed by atoms with Gasteiger partial charge in [-0.05, 0) is 64.1 Å². The lowest BCUT2D eigenvalue weighted by molar-refractivity contribution is -0.144. The summed E-state index contributed by atoms with van der Waals surface area (Å²) in [5, 5.41) is 21.0. The zero-order chi connectivity index (χ0) is 14.3.